The number of carbonyl (C=O) groups is 1. The summed E-state index contributed by atoms with van der Waals surface area (Å²) in [7, 11) is 3.67. The van der Waals surface area contributed by atoms with Gasteiger partial charge in [-0.15, -0.1) is 5.56 Å². The molecule has 2 aromatic rings. The summed E-state index contributed by atoms with van der Waals surface area (Å²) in [6.07, 6.45) is 6.71. The number of nitrogens with zero attached hydrogens (tertiary/aromatic N) is 5. The Morgan fingerprint density at radius 2 is 2.00 bits per heavy atom. The minimum atomic E-state index is -0.699. The van der Waals surface area contributed by atoms with Crippen molar-refractivity contribution in [1.82, 2.24) is 9.97 Å². The Hall–Kier alpha value is -2.96. The molecule has 1 aromatic carbocycles. The molecule has 1 aliphatic rings. The molecule has 0 bridgehead atoms. The van der Waals surface area contributed by atoms with Crippen molar-refractivity contribution in [1.29, 1.82) is 5.26 Å². The van der Waals surface area contributed by atoms with E-state index in [0.29, 0.717) is 48.4 Å². The summed E-state index contributed by atoms with van der Waals surface area (Å²) in [4.78, 5) is 35.3. The van der Waals surface area contributed by atoms with Gasteiger partial charge < -0.3 is 15.0 Å². The average Bonchev–Trinajstić information content (AvgIpc) is 2.78. The van der Waals surface area contributed by atoms with Gasteiger partial charge in [0.05, 0.1) is 29.7 Å². The molecule has 0 saturated heterocycles. The third-order valence-electron chi connectivity index (χ3n) is 5.98. The number of nitriles is 1. The minimum Gasteiger partial charge on any atom is -0.376 e. The van der Waals surface area contributed by atoms with E-state index < -0.39 is 5.82 Å². The van der Waals surface area contributed by atoms with Crippen LogP contribution in [0.4, 0.5) is 27.5 Å². The zero-order valence-electron chi connectivity index (χ0n) is 19.1. The first kappa shape index (κ1) is 26.3. The number of aromatic nitrogens is 2. The number of hydrogen-bond acceptors (Lipinski definition) is 7. The molecule has 1 N–H and O–H groups in total. The second kappa shape index (κ2) is 10.8. The van der Waals surface area contributed by atoms with E-state index in [-0.39, 0.29) is 41.5 Å². The molecular formula is C23H26FN6O2V-. The number of nitrogens with one attached hydrogen (secondary N) is 1. The predicted octanol–water partition coefficient (Wildman–Crippen LogP) is 3.62. The summed E-state index contributed by atoms with van der Waals surface area (Å²) in [5, 5.41) is 12.4. The van der Waals surface area contributed by atoms with Gasteiger partial charge in [0.1, 0.15) is 0 Å². The van der Waals surface area contributed by atoms with Crippen LogP contribution in [0.15, 0.2) is 18.3 Å². The van der Waals surface area contributed by atoms with E-state index in [9.17, 15) is 19.2 Å². The first-order valence-electron chi connectivity index (χ1n) is 10.4. The average molecular weight is 488 g/mol. The molecule has 10 heteroatoms. The normalized spacial score (nSPS) is 19.6. The minimum absolute atomic E-state index is 0. The third kappa shape index (κ3) is 5.70. The van der Waals surface area contributed by atoms with Gasteiger partial charge in [0, 0.05) is 50.2 Å². The Morgan fingerprint density at radius 3 is 2.55 bits per heavy atom. The predicted molar refractivity (Wildman–Crippen MR) is 120 cm³/mol. The van der Waals surface area contributed by atoms with Crippen LogP contribution >= 0.6 is 0 Å². The molecule has 0 unspecified atom stereocenters. The van der Waals surface area contributed by atoms with Gasteiger partial charge in [-0.3, -0.25) is 14.1 Å². The topological polar surface area (TPSA) is 102 Å². The van der Waals surface area contributed by atoms with Gasteiger partial charge in [-0.05, 0) is 39.5 Å². The number of rotatable bonds is 7. The van der Waals surface area contributed by atoms with Crippen molar-refractivity contribution < 1.29 is 32.5 Å². The number of aryl methyl sites for hydroxylation is 1. The second-order valence-corrected chi connectivity index (χ2v) is 8.59. The first-order chi connectivity index (χ1) is 15.2. The number of amides is 1. The van der Waals surface area contributed by atoms with Crippen molar-refractivity contribution in [2.75, 3.05) is 29.2 Å². The van der Waals surface area contributed by atoms with Crippen LogP contribution in [-0.2, 0) is 28.1 Å². The molecule has 1 saturated carbocycles. The molecule has 1 fully saturated rings. The summed E-state index contributed by atoms with van der Waals surface area (Å²) in [6.45, 7) is 3.67. The van der Waals surface area contributed by atoms with E-state index in [1.165, 1.54) is 12.1 Å². The van der Waals surface area contributed by atoms with E-state index in [1.807, 2.05) is 25.9 Å². The van der Waals surface area contributed by atoms with Crippen molar-refractivity contribution in [3.8, 4) is 6.07 Å². The zero-order chi connectivity index (χ0) is 23.5. The maximum atomic E-state index is 14.1. The molecule has 0 spiro atoms. The maximum Gasteiger partial charge on any atom is 0.229 e. The van der Waals surface area contributed by atoms with E-state index in [4.69, 9.17) is 0 Å². The molecule has 173 valence electrons. The molecule has 1 amide bonds. The number of hydrogen-bond donors (Lipinski definition) is 1. The molecule has 0 aliphatic heterocycles. The smallest absolute Gasteiger partial charge is 0.229 e. The Balaban J connectivity index is 0.00000385. The Bertz CT molecular complexity index is 1060. The SMILES string of the molecule is Cc1cc([C-]=O)c(F)cc1Nc1ncc(N(C)C)c(N(C=O)C2CCC(C)(C#N)CC2)n1.[V]. The number of anilines is 4. The molecule has 0 atom stereocenters. The molecule has 3 rings (SSSR count). The van der Waals surface area contributed by atoms with Crippen molar-refractivity contribution in [3.63, 3.8) is 0 Å². The van der Waals surface area contributed by atoms with E-state index in [2.05, 4.69) is 21.4 Å². The number of benzene rings is 1. The molecule has 8 nitrogen and oxygen atoms in total. The second-order valence-electron chi connectivity index (χ2n) is 8.59. The summed E-state index contributed by atoms with van der Waals surface area (Å²) in [5.74, 6) is -0.0695. The van der Waals surface area contributed by atoms with Gasteiger partial charge in [-0.2, -0.15) is 16.3 Å². The van der Waals surface area contributed by atoms with Gasteiger partial charge in [-0.1, -0.05) is 11.6 Å². The van der Waals surface area contributed by atoms with Crippen LogP contribution in [0.3, 0.4) is 0 Å². The Morgan fingerprint density at radius 1 is 1.33 bits per heavy atom. The van der Waals surface area contributed by atoms with Crippen LogP contribution in [0.5, 0.6) is 0 Å². The summed E-state index contributed by atoms with van der Waals surface area (Å²) in [5.41, 5.74) is 1.17. The van der Waals surface area contributed by atoms with Crippen molar-refractivity contribution >= 4 is 35.8 Å². The van der Waals surface area contributed by atoms with Crippen LogP contribution < -0.4 is 15.1 Å². The van der Waals surface area contributed by atoms with Crippen LogP contribution in [0.1, 0.15) is 43.7 Å². The quantitative estimate of drug-likeness (QED) is 0.469. The van der Waals surface area contributed by atoms with Crippen LogP contribution in [0, 0.1) is 29.5 Å². The van der Waals surface area contributed by atoms with Gasteiger partial charge in [-0.25, -0.2) is 4.98 Å². The van der Waals surface area contributed by atoms with E-state index in [1.54, 1.807) is 24.3 Å². The van der Waals surface area contributed by atoms with Crippen molar-refractivity contribution in [3.05, 3.63) is 35.3 Å². The first-order valence-corrected chi connectivity index (χ1v) is 10.4. The van der Waals surface area contributed by atoms with Crippen LogP contribution in [0.2, 0.25) is 0 Å². The number of carbonyl (C=O) groups excluding carboxylic acids is 2. The van der Waals surface area contributed by atoms with E-state index >= 15 is 0 Å². The zero-order valence-corrected chi connectivity index (χ0v) is 20.5. The van der Waals surface area contributed by atoms with Crippen LogP contribution in [-0.4, -0.2) is 42.8 Å². The fourth-order valence-electron chi connectivity index (χ4n) is 3.89. The fraction of sp³-hybridized carbons (Fsp3) is 0.435. The standard InChI is InChI=1S/C23H26FN6O2.V/c1-15-9-16(12-31)18(24)10-19(15)27-22-26-11-20(29(3)4)21(28-22)30(14-32)17-5-7-23(2,13-25)8-6-17;/h9-11,14,17H,5-8H2,1-4H3,(H,26,27,28);/q-1;. The van der Waals surface area contributed by atoms with Crippen molar-refractivity contribution in [2.24, 2.45) is 5.41 Å². The Labute approximate surface area is 205 Å². The molecule has 1 aromatic heterocycles. The molecule has 1 radical (unpaired) electrons. The fourth-order valence-corrected chi connectivity index (χ4v) is 3.89. The maximum absolute atomic E-state index is 14.1. The summed E-state index contributed by atoms with van der Waals surface area (Å²) < 4.78 is 14.1. The number of halogens is 1. The summed E-state index contributed by atoms with van der Waals surface area (Å²) in [6, 6.07) is 4.88. The third-order valence-corrected chi connectivity index (χ3v) is 5.98. The van der Waals surface area contributed by atoms with Gasteiger partial charge in [0.25, 0.3) is 0 Å². The van der Waals surface area contributed by atoms with Crippen LogP contribution in [0.25, 0.3) is 0 Å². The molecule has 1 heterocycles. The van der Waals surface area contributed by atoms with Gasteiger partial charge >= 0.3 is 0 Å². The largest absolute Gasteiger partial charge is 0.376 e. The van der Waals surface area contributed by atoms with E-state index in [0.717, 1.165) is 6.41 Å². The molecular weight excluding hydrogens is 462 g/mol. The van der Waals surface area contributed by atoms with Gasteiger partial charge in [0.15, 0.2) is 5.82 Å². The van der Waals surface area contributed by atoms with Crippen molar-refractivity contribution in [2.45, 2.75) is 45.6 Å². The molecule has 33 heavy (non-hydrogen) atoms. The monoisotopic (exact) mass is 488 g/mol. The Kier molecular flexibility index (Phi) is 8.59. The molecule has 1 aliphatic carbocycles. The summed E-state index contributed by atoms with van der Waals surface area (Å²) >= 11 is 0. The van der Waals surface area contributed by atoms with Gasteiger partial charge in [0.2, 0.25) is 12.4 Å².